The first-order valence-corrected chi connectivity index (χ1v) is 9.41. The third-order valence-electron chi connectivity index (χ3n) is 5.14. The Morgan fingerprint density at radius 3 is 2.77 bits per heavy atom. The largest absolute Gasteiger partial charge is 0.366 e. The molecule has 0 unspecified atom stereocenters. The van der Waals surface area contributed by atoms with Gasteiger partial charge in [-0.2, -0.15) is 0 Å². The number of nitrogens with zero attached hydrogens (tertiary/aromatic N) is 4. The number of nitrogens with two attached hydrogens (primary N) is 1. The summed E-state index contributed by atoms with van der Waals surface area (Å²) in [5.74, 6) is -0.518. The van der Waals surface area contributed by atoms with Crippen LogP contribution in [0.1, 0.15) is 10.4 Å². The molecule has 0 fully saturated rings. The maximum Gasteiger partial charge on any atom is 0.250 e. The van der Waals surface area contributed by atoms with E-state index in [-0.39, 0.29) is 0 Å². The lowest BCUT2D eigenvalue weighted by Crippen LogP contribution is -2.13. The Balaban J connectivity index is 1.67. The smallest absolute Gasteiger partial charge is 0.250 e. The molecular weight excluding hydrogens is 376 g/mol. The highest BCUT2D eigenvalue weighted by Gasteiger charge is 2.13. The standard InChI is InChI=1S/C23H18N6O/c1-29-9-5-15-10-14(2-3-21(15)29)18-11-16(12-19-22(18)27-8-7-26-19)28-20-13-25-6-4-17(20)23(24)30/h2-13,28H,1H3,(H2,24,30). The van der Waals surface area contributed by atoms with Gasteiger partial charge in [-0.1, -0.05) is 6.07 Å². The SMILES string of the molecule is Cn1ccc2cc(-c3cc(Nc4cnccc4C(N)=O)cc4nccnc34)ccc21. The molecule has 0 saturated carbocycles. The monoisotopic (exact) mass is 394 g/mol. The van der Waals surface area contributed by atoms with E-state index in [9.17, 15) is 4.79 Å². The number of primary amides is 1. The molecule has 7 heteroatoms. The number of anilines is 2. The Hall–Kier alpha value is -4.26. The van der Waals surface area contributed by atoms with Crippen molar-refractivity contribution in [1.29, 1.82) is 0 Å². The van der Waals surface area contributed by atoms with Crippen molar-refractivity contribution in [3.63, 3.8) is 0 Å². The average molecular weight is 394 g/mol. The molecule has 0 radical (unpaired) electrons. The number of fused-ring (bicyclic) bond motifs is 2. The van der Waals surface area contributed by atoms with Crippen molar-refractivity contribution < 1.29 is 4.79 Å². The van der Waals surface area contributed by atoms with Crippen molar-refractivity contribution in [1.82, 2.24) is 19.5 Å². The van der Waals surface area contributed by atoms with E-state index in [0.717, 1.165) is 38.8 Å². The Morgan fingerprint density at radius 2 is 1.90 bits per heavy atom. The number of nitrogens with one attached hydrogen (secondary N) is 1. The highest BCUT2D eigenvalue weighted by molar-refractivity contribution is 6.00. The summed E-state index contributed by atoms with van der Waals surface area (Å²) in [4.78, 5) is 24.9. The van der Waals surface area contributed by atoms with E-state index in [4.69, 9.17) is 5.73 Å². The van der Waals surface area contributed by atoms with Crippen molar-refractivity contribution in [2.45, 2.75) is 0 Å². The summed E-state index contributed by atoms with van der Waals surface area (Å²) in [6.07, 6.45) is 8.51. The van der Waals surface area contributed by atoms with E-state index < -0.39 is 5.91 Å². The molecule has 146 valence electrons. The van der Waals surface area contributed by atoms with Crippen LogP contribution in [0.4, 0.5) is 11.4 Å². The zero-order valence-electron chi connectivity index (χ0n) is 16.2. The van der Waals surface area contributed by atoms with E-state index in [0.29, 0.717) is 11.3 Å². The summed E-state index contributed by atoms with van der Waals surface area (Å²) >= 11 is 0. The van der Waals surface area contributed by atoms with Crippen LogP contribution in [0.15, 0.2) is 73.4 Å². The van der Waals surface area contributed by atoms with Crippen LogP contribution in [0.3, 0.4) is 0 Å². The van der Waals surface area contributed by atoms with Gasteiger partial charge in [-0.05, 0) is 42.0 Å². The van der Waals surface area contributed by atoms with Crippen LogP contribution in [-0.4, -0.2) is 25.4 Å². The number of carbonyl (C=O) groups excluding carboxylic acids is 1. The Bertz CT molecular complexity index is 1420. The molecule has 3 heterocycles. The summed E-state index contributed by atoms with van der Waals surface area (Å²) in [7, 11) is 2.03. The number of rotatable bonds is 4. The molecule has 0 aliphatic heterocycles. The van der Waals surface area contributed by atoms with Gasteiger partial charge in [0.1, 0.15) is 0 Å². The zero-order valence-corrected chi connectivity index (χ0v) is 16.2. The molecule has 3 N–H and O–H groups in total. The quantitative estimate of drug-likeness (QED) is 0.480. The van der Waals surface area contributed by atoms with Gasteiger partial charge >= 0.3 is 0 Å². The topological polar surface area (TPSA) is 98.7 Å². The second-order valence-electron chi connectivity index (χ2n) is 7.06. The van der Waals surface area contributed by atoms with Crippen molar-refractivity contribution in [3.8, 4) is 11.1 Å². The second kappa shape index (κ2) is 6.97. The number of pyridine rings is 1. The van der Waals surface area contributed by atoms with Gasteiger partial charge in [0.05, 0.1) is 28.5 Å². The fourth-order valence-electron chi connectivity index (χ4n) is 3.68. The number of hydrogen-bond donors (Lipinski definition) is 2. The van der Waals surface area contributed by atoms with Crippen LogP contribution < -0.4 is 11.1 Å². The minimum atomic E-state index is -0.518. The van der Waals surface area contributed by atoms with E-state index in [1.54, 1.807) is 24.7 Å². The number of carbonyl (C=O) groups is 1. The molecule has 0 saturated heterocycles. The molecular formula is C23H18N6O. The summed E-state index contributed by atoms with van der Waals surface area (Å²) in [6, 6.07) is 13.9. The highest BCUT2D eigenvalue weighted by Crippen LogP contribution is 2.33. The molecule has 5 rings (SSSR count). The maximum atomic E-state index is 11.8. The number of hydrogen-bond acceptors (Lipinski definition) is 5. The minimum Gasteiger partial charge on any atom is -0.366 e. The lowest BCUT2D eigenvalue weighted by Gasteiger charge is -2.13. The van der Waals surface area contributed by atoms with Crippen LogP contribution in [-0.2, 0) is 7.05 Å². The first-order valence-electron chi connectivity index (χ1n) is 9.41. The van der Waals surface area contributed by atoms with E-state index in [2.05, 4.69) is 49.1 Å². The van der Waals surface area contributed by atoms with Crippen LogP contribution >= 0.6 is 0 Å². The Labute approximate surface area is 172 Å². The van der Waals surface area contributed by atoms with Gasteiger partial charge in [0.15, 0.2) is 0 Å². The van der Waals surface area contributed by atoms with Gasteiger partial charge in [0.25, 0.3) is 5.91 Å². The van der Waals surface area contributed by atoms with Crippen molar-refractivity contribution in [2.24, 2.45) is 12.8 Å². The van der Waals surface area contributed by atoms with Gasteiger partial charge in [-0.25, -0.2) is 0 Å². The normalized spacial score (nSPS) is 11.1. The third kappa shape index (κ3) is 3.02. The molecule has 30 heavy (non-hydrogen) atoms. The second-order valence-corrected chi connectivity index (χ2v) is 7.06. The zero-order chi connectivity index (χ0) is 20.7. The minimum absolute atomic E-state index is 0.372. The molecule has 0 aliphatic carbocycles. The lowest BCUT2D eigenvalue weighted by atomic mass is 10.0. The summed E-state index contributed by atoms with van der Waals surface area (Å²) in [5, 5.41) is 4.41. The Kier molecular flexibility index (Phi) is 4.14. The van der Waals surface area contributed by atoms with Crippen LogP contribution in [0.2, 0.25) is 0 Å². The average Bonchev–Trinajstić information content (AvgIpc) is 3.13. The van der Waals surface area contributed by atoms with Crippen LogP contribution in [0.25, 0.3) is 33.1 Å². The number of aryl methyl sites for hydroxylation is 1. The molecule has 0 atom stereocenters. The van der Waals surface area contributed by atoms with Crippen LogP contribution in [0, 0.1) is 0 Å². The van der Waals surface area contributed by atoms with Gasteiger partial charge < -0.3 is 15.6 Å². The number of aromatic nitrogens is 4. The van der Waals surface area contributed by atoms with Crippen molar-refractivity contribution >= 4 is 39.2 Å². The van der Waals surface area contributed by atoms with Crippen LogP contribution in [0.5, 0.6) is 0 Å². The summed E-state index contributed by atoms with van der Waals surface area (Å²) in [5.41, 5.74) is 11.9. The molecule has 1 amide bonds. The van der Waals surface area contributed by atoms with Gasteiger partial charge in [0, 0.05) is 54.0 Å². The molecule has 7 nitrogen and oxygen atoms in total. The third-order valence-corrected chi connectivity index (χ3v) is 5.14. The first kappa shape index (κ1) is 17.8. The molecule has 0 bridgehead atoms. The molecule has 2 aromatic carbocycles. The predicted octanol–water partition coefficient (Wildman–Crippen LogP) is 4.03. The maximum absolute atomic E-state index is 11.8. The van der Waals surface area contributed by atoms with Gasteiger partial charge in [-0.15, -0.1) is 0 Å². The van der Waals surface area contributed by atoms with E-state index >= 15 is 0 Å². The fraction of sp³-hybridized carbons (Fsp3) is 0.0435. The lowest BCUT2D eigenvalue weighted by molar-refractivity contribution is 0.100. The number of benzene rings is 2. The number of amides is 1. The summed E-state index contributed by atoms with van der Waals surface area (Å²) < 4.78 is 2.09. The van der Waals surface area contributed by atoms with Gasteiger partial charge in [-0.3, -0.25) is 19.7 Å². The molecule has 0 aliphatic rings. The first-order chi connectivity index (χ1) is 14.6. The molecule has 5 aromatic rings. The summed E-state index contributed by atoms with van der Waals surface area (Å²) in [6.45, 7) is 0. The molecule has 0 spiro atoms. The fourth-order valence-corrected chi connectivity index (χ4v) is 3.68. The van der Waals surface area contributed by atoms with Crippen molar-refractivity contribution in [2.75, 3.05) is 5.32 Å². The predicted molar refractivity (Wildman–Crippen MR) is 117 cm³/mol. The van der Waals surface area contributed by atoms with E-state index in [1.807, 2.05) is 25.4 Å². The molecule has 3 aromatic heterocycles. The Morgan fingerprint density at radius 1 is 1.03 bits per heavy atom. The van der Waals surface area contributed by atoms with Crippen molar-refractivity contribution in [3.05, 3.63) is 79.0 Å². The highest BCUT2D eigenvalue weighted by atomic mass is 16.1. The van der Waals surface area contributed by atoms with Gasteiger partial charge in [0.2, 0.25) is 0 Å². The van der Waals surface area contributed by atoms with E-state index in [1.165, 1.54) is 6.20 Å².